The Morgan fingerprint density at radius 1 is 1.25 bits per heavy atom. The lowest BCUT2D eigenvalue weighted by molar-refractivity contribution is -0.146. The molecule has 1 fully saturated rings. The number of hydrogen-bond acceptors (Lipinski definition) is 4. The van der Waals surface area contributed by atoms with Crippen LogP contribution in [0.2, 0.25) is 0 Å². The Labute approximate surface area is 144 Å². The van der Waals surface area contributed by atoms with Crippen LogP contribution >= 0.6 is 0 Å². The Morgan fingerprint density at radius 2 is 1.96 bits per heavy atom. The van der Waals surface area contributed by atoms with Gasteiger partial charge in [-0.25, -0.2) is 4.79 Å². The van der Waals surface area contributed by atoms with Gasteiger partial charge >= 0.3 is 5.97 Å². The molecule has 1 aliphatic carbocycles. The van der Waals surface area contributed by atoms with Crippen LogP contribution in [0.1, 0.15) is 52.4 Å². The van der Waals surface area contributed by atoms with Gasteiger partial charge in [-0.1, -0.05) is 31.7 Å². The van der Waals surface area contributed by atoms with E-state index >= 15 is 0 Å². The number of rotatable bonds is 0. The second-order valence-corrected chi connectivity index (χ2v) is 7.36. The van der Waals surface area contributed by atoms with Crippen LogP contribution in [-0.4, -0.2) is 34.5 Å². The molecule has 2 N–H and O–H groups in total. The molecule has 5 unspecified atom stereocenters. The topological polar surface area (TPSA) is 66.8 Å². The summed E-state index contributed by atoms with van der Waals surface area (Å²) in [6.07, 6.45) is 4.88. The predicted molar refractivity (Wildman–Crippen MR) is 94.3 cm³/mol. The van der Waals surface area contributed by atoms with E-state index in [1.54, 1.807) is 0 Å². The second kappa shape index (κ2) is 8.13. The van der Waals surface area contributed by atoms with Crippen molar-refractivity contribution in [3.05, 3.63) is 36.0 Å². The standard InChI is InChI=1S/C20H30O4/c1-12-7-5-9-13(2)17(21)11-16-15(4)20(23)24-19(16)18(22)14(3)10-6-8-12/h7,14,16-19,21-22H,2,4-6,8-11H2,1,3H3/b12-7-. The molecule has 2 aliphatic rings. The lowest BCUT2D eigenvalue weighted by atomic mass is 9.82. The molecule has 0 bridgehead atoms. The van der Waals surface area contributed by atoms with E-state index in [0.29, 0.717) is 12.0 Å². The first-order valence-corrected chi connectivity index (χ1v) is 8.90. The lowest BCUT2D eigenvalue weighted by Crippen LogP contribution is -2.38. The van der Waals surface area contributed by atoms with Gasteiger partial charge in [-0.05, 0) is 56.9 Å². The van der Waals surface area contributed by atoms with E-state index in [1.807, 2.05) is 6.92 Å². The Kier molecular flexibility index (Phi) is 6.41. The summed E-state index contributed by atoms with van der Waals surface area (Å²) in [7, 11) is 0. The summed E-state index contributed by atoms with van der Waals surface area (Å²) in [5.41, 5.74) is 2.43. The Morgan fingerprint density at radius 3 is 2.67 bits per heavy atom. The van der Waals surface area contributed by atoms with Crippen LogP contribution in [0.5, 0.6) is 0 Å². The van der Waals surface area contributed by atoms with Crippen LogP contribution in [0.25, 0.3) is 0 Å². The van der Waals surface area contributed by atoms with Crippen molar-refractivity contribution in [2.24, 2.45) is 11.8 Å². The summed E-state index contributed by atoms with van der Waals surface area (Å²) in [5.74, 6) is -0.801. The maximum atomic E-state index is 11.9. The highest BCUT2D eigenvalue weighted by Crippen LogP contribution is 2.36. The van der Waals surface area contributed by atoms with Gasteiger partial charge in [-0.3, -0.25) is 0 Å². The molecule has 0 radical (unpaired) electrons. The number of aliphatic hydroxyl groups is 2. The van der Waals surface area contributed by atoms with Crippen molar-refractivity contribution in [2.45, 2.75) is 70.7 Å². The van der Waals surface area contributed by atoms with Crippen LogP contribution in [-0.2, 0) is 9.53 Å². The number of ether oxygens (including phenoxy) is 1. The zero-order valence-corrected chi connectivity index (χ0v) is 14.8. The molecule has 5 atom stereocenters. The molecule has 0 aromatic carbocycles. The molecular formula is C20H30O4. The van der Waals surface area contributed by atoms with Crippen LogP contribution in [0.3, 0.4) is 0 Å². The van der Waals surface area contributed by atoms with E-state index in [1.165, 1.54) is 5.57 Å². The van der Waals surface area contributed by atoms with Crippen molar-refractivity contribution in [1.82, 2.24) is 0 Å². The highest BCUT2D eigenvalue weighted by molar-refractivity contribution is 5.90. The van der Waals surface area contributed by atoms with E-state index < -0.39 is 24.3 Å². The smallest absolute Gasteiger partial charge is 0.334 e. The third kappa shape index (κ3) is 4.37. The van der Waals surface area contributed by atoms with E-state index in [9.17, 15) is 15.0 Å². The van der Waals surface area contributed by atoms with Crippen LogP contribution in [0.4, 0.5) is 0 Å². The summed E-state index contributed by atoms with van der Waals surface area (Å²) < 4.78 is 5.38. The summed E-state index contributed by atoms with van der Waals surface area (Å²) >= 11 is 0. The average Bonchev–Trinajstić information content (AvgIpc) is 2.81. The number of aliphatic hydroxyl groups excluding tert-OH is 2. The van der Waals surface area contributed by atoms with Crippen LogP contribution in [0.15, 0.2) is 36.0 Å². The van der Waals surface area contributed by atoms with Crippen molar-refractivity contribution >= 4 is 5.97 Å². The molecule has 0 saturated carbocycles. The zero-order chi connectivity index (χ0) is 17.9. The molecule has 0 amide bonds. The highest BCUT2D eigenvalue weighted by atomic mass is 16.6. The maximum absolute atomic E-state index is 11.9. The SMILES string of the molecule is C=C1CC/C=C(/C)CCCC(C)C(O)C2OC(=O)C(=C)C2CC1O. The number of fused-ring (bicyclic) bond motifs is 1. The maximum Gasteiger partial charge on any atom is 0.334 e. The van der Waals surface area contributed by atoms with Crippen LogP contribution < -0.4 is 0 Å². The molecule has 4 nitrogen and oxygen atoms in total. The first-order valence-electron chi connectivity index (χ1n) is 8.90. The fourth-order valence-electron chi connectivity index (χ4n) is 3.59. The third-order valence-corrected chi connectivity index (χ3v) is 5.41. The van der Waals surface area contributed by atoms with E-state index in [0.717, 1.165) is 37.7 Å². The average molecular weight is 334 g/mol. The van der Waals surface area contributed by atoms with Gasteiger partial charge in [-0.2, -0.15) is 0 Å². The van der Waals surface area contributed by atoms with Gasteiger partial charge in [0.1, 0.15) is 6.10 Å². The van der Waals surface area contributed by atoms with Gasteiger partial charge in [0.05, 0.1) is 12.2 Å². The Hall–Kier alpha value is -1.39. The number of carbonyl (C=O) groups is 1. The number of hydrogen-bond donors (Lipinski definition) is 2. The molecule has 0 aromatic rings. The van der Waals surface area contributed by atoms with Gasteiger partial charge < -0.3 is 14.9 Å². The molecule has 1 aliphatic heterocycles. The highest BCUT2D eigenvalue weighted by Gasteiger charge is 2.44. The second-order valence-electron chi connectivity index (χ2n) is 7.36. The van der Waals surface area contributed by atoms with Gasteiger partial charge in [0.15, 0.2) is 0 Å². The van der Waals surface area contributed by atoms with Gasteiger partial charge in [0, 0.05) is 11.5 Å². The van der Waals surface area contributed by atoms with Gasteiger partial charge in [0.25, 0.3) is 0 Å². The largest absolute Gasteiger partial charge is 0.456 e. The van der Waals surface area contributed by atoms with E-state index in [-0.39, 0.29) is 11.8 Å². The normalized spacial score (nSPS) is 38.8. The predicted octanol–water partition coefficient (Wildman–Crippen LogP) is 3.30. The fourth-order valence-corrected chi connectivity index (χ4v) is 3.59. The van der Waals surface area contributed by atoms with Crippen molar-refractivity contribution < 1.29 is 19.7 Å². The minimum atomic E-state index is -0.745. The fraction of sp³-hybridized carbons (Fsp3) is 0.650. The van der Waals surface area contributed by atoms with Crippen molar-refractivity contribution in [2.75, 3.05) is 0 Å². The zero-order valence-electron chi connectivity index (χ0n) is 14.8. The summed E-state index contributed by atoms with van der Waals surface area (Å²) in [5, 5.41) is 21.1. The molecule has 1 saturated heterocycles. The summed E-state index contributed by atoms with van der Waals surface area (Å²) in [4.78, 5) is 11.9. The van der Waals surface area contributed by atoms with E-state index in [2.05, 4.69) is 26.2 Å². The Bertz CT molecular complexity index is 534. The lowest BCUT2D eigenvalue weighted by Gasteiger charge is -2.29. The first kappa shape index (κ1) is 18.9. The van der Waals surface area contributed by atoms with Crippen molar-refractivity contribution in [3.8, 4) is 0 Å². The van der Waals surface area contributed by atoms with Crippen molar-refractivity contribution in [3.63, 3.8) is 0 Å². The number of carbonyl (C=O) groups excluding carboxylic acids is 1. The summed E-state index contributed by atoms with van der Waals surface area (Å²) in [6.45, 7) is 11.9. The molecular weight excluding hydrogens is 304 g/mol. The molecule has 4 heteroatoms. The first-order chi connectivity index (χ1) is 11.3. The minimum absolute atomic E-state index is 0.0206. The van der Waals surface area contributed by atoms with Gasteiger partial charge in [0.2, 0.25) is 0 Å². The molecule has 134 valence electrons. The number of allylic oxidation sites excluding steroid dienone is 2. The van der Waals surface area contributed by atoms with Gasteiger partial charge in [-0.15, -0.1) is 0 Å². The quantitative estimate of drug-likeness (QED) is 0.405. The summed E-state index contributed by atoms with van der Waals surface area (Å²) in [6, 6.07) is 0. The molecule has 0 aromatic heterocycles. The molecule has 0 spiro atoms. The third-order valence-electron chi connectivity index (χ3n) is 5.41. The molecule has 1 heterocycles. The van der Waals surface area contributed by atoms with Crippen molar-refractivity contribution in [1.29, 1.82) is 0 Å². The molecule has 24 heavy (non-hydrogen) atoms. The van der Waals surface area contributed by atoms with E-state index in [4.69, 9.17) is 4.74 Å². The molecule has 2 rings (SSSR count). The van der Waals surface area contributed by atoms with Crippen LogP contribution in [0, 0.1) is 11.8 Å². The number of esters is 1. The minimum Gasteiger partial charge on any atom is -0.456 e. The monoisotopic (exact) mass is 334 g/mol. The Balaban J connectivity index is 2.22.